The van der Waals surface area contributed by atoms with Gasteiger partial charge in [0.2, 0.25) is 0 Å². The van der Waals surface area contributed by atoms with Crippen LogP contribution >= 0.6 is 11.6 Å². The van der Waals surface area contributed by atoms with Crippen molar-refractivity contribution in [2.24, 2.45) is 5.73 Å². The van der Waals surface area contributed by atoms with E-state index >= 15 is 0 Å². The molecule has 3 rings (SSSR count). The second kappa shape index (κ2) is 5.38. The summed E-state index contributed by atoms with van der Waals surface area (Å²) in [6.45, 7) is 2.99. The summed E-state index contributed by atoms with van der Waals surface area (Å²) in [5, 5.41) is 0.764. The average Bonchev–Trinajstić information content (AvgIpc) is 2.70. The van der Waals surface area contributed by atoms with Gasteiger partial charge in [-0.3, -0.25) is 0 Å². The minimum absolute atomic E-state index is 0.297. The number of benzene rings is 1. The van der Waals surface area contributed by atoms with Gasteiger partial charge in [-0.05, 0) is 31.9 Å². The topological polar surface area (TPSA) is 43.8 Å². The van der Waals surface area contributed by atoms with Crippen molar-refractivity contribution in [1.82, 2.24) is 9.55 Å². The second-order valence-electron chi connectivity index (χ2n) is 5.86. The first-order chi connectivity index (χ1) is 9.65. The number of para-hydroxylation sites is 1. The maximum absolute atomic E-state index is 6.74. The van der Waals surface area contributed by atoms with E-state index in [0.717, 1.165) is 41.3 Å². The van der Waals surface area contributed by atoms with Crippen LogP contribution in [0.1, 0.15) is 51.3 Å². The molecule has 20 heavy (non-hydrogen) atoms. The van der Waals surface area contributed by atoms with Crippen molar-refractivity contribution in [1.29, 1.82) is 0 Å². The lowest BCUT2D eigenvalue weighted by Crippen LogP contribution is -2.39. The Balaban J connectivity index is 2.17. The summed E-state index contributed by atoms with van der Waals surface area (Å²) in [5.74, 6) is 1.02. The molecule has 0 aliphatic heterocycles. The molecule has 2 N–H and O–H groups in total. The molecule has 2 aromatic rings. The smallest absolute Gasteiger partial charge is 0.130 e. The van der Waals surface area contributed by atoms with Crippen molar-refractivity contribution >= 4 is 22.6 Å². The van der Waals surface area contributed by atoms with Gasteiger partial charge < -0.3 is 10.3 Å². The molecule has 0 unspecified atom stereocenters. The van der Waals surface area contributed by atoms with Crippen molar-refractivity contribution in [3.8, 4) is 0 Å². The van der Waals surface area contributed by atoms with Crippen molar-refractivity contribution in [3.63, 3.8) is 0 Å². The number of halogens is 1. The first-order valence-corrected chi connectivity index (χ1v) is 7.97. The molecule has 0 bridgehead atoms. The SMILES string of the molecule is CCn1c(C2(N)CCCCCC2)nc2cccc(Cl)c21. The van der Waals surface area contributed by atoms with Gasteiger partial charge in [-0.1, -0.05) is 43.4 Å². The molecule has 1 aromatic carbocycles. The summed E-state index contributed by atoms with van der Waals surface area (Å²) < 4.78 is 2.21. The van der Waals surface area contributed by atoms with Gasteiger partial charge in [-0.15, -0.1) is 0 Å². The van der Waals surface area contributed by atoms with Gasteiger partial charge in [0.25, 0.3) is 0 Å². The maximum Gasteiger partial charge on any atom is 0.130 e. The number of imidazole rings is 1. The van der Waals surface area contributed by atoms with Crippen molar-refractivity contribution in [2.75, 3.05) is 0 Å². The van der Waals surface area contributed by atoms with Gasteiger partial charge in [-0.25, -0.2) is 4.98 Å². The lowest BCUT2D eigenvalue weighted by Gasteiger charge is -2.28. The molecule has 0 amide bonds. The molecule has 0 spiro atoms. The Kier molecular flexibility index (Phi) is 3.74. The van der Waals surface area contributed by atoms with Crippen LogP contribution in [-0.2, 0) is 12.1 Å². The molecule has 1 aromatic heterocycles. The van der Waals surface area contributed by atoms with E-state index in [-0.39, 0.29) is 5.54 Å². The Morgan fingerprint density at radius 3 is 2.60 bits per heavy atom. The fourth-order valence-electron chi connectivity index (χ4n) is 3.41. The van der Waals surface area contributed by atoms with E-state index in [1.807, 2.05) is 18.2 Å². The third-order valence-corrected chi connectivity index (χ3v) is 4.78. The lowest BCUT2D eigenvalue weighted by molar-refractivity contribution is 0.350. The molecule has 1 heterocycles. The fraction of sp³-hybridized carbons (Fsp3) is 0.562. The average molecular weight is 292 g/mol. The van der Waals surface area contributed by atoms with Crippen LogP contribution in [0.5, 0.6) is 0 Å². The van der Waals surface area contributed by atoms with E-state index in [1.165, 1.54) is 25.7 Å². The van der Waals surface area contributed by atoms with E-state index in [1.54, 1.807) is 0 Å². The number of rotatable bonds is 2. The zero-order valence-corrected chi connectivity index (χ0v) is 12.8. The molecule has 1 saturated carbocycles. The van der Waals surface area contributed by atoms with Gasteiger partial charge >= 0.3 is 0 Å². The Morgan fingerprint density at radius 2 is 1.95 bits per heavy atom. The van der Waals surface area contributed by atoms with Gasteiger partial charge in [0.1, 0.15) is 5.82 Å². The van der Waals surface area contributed by atoms with Gasteiger partial charge in [-0.2, -0.15) is 0 Å². The highest BCUT2D eigenvalue weighted by Gasteiger charge is 2.33. The number of aromatic nitrogens is 2. The number of aryl methyl sites for hydroxylation is 1. The van der Waals surface area contributed by atoms with Crippen LogP contribution in [0, 0.1) is 0 Å². The largest absolute Gasteiger partial charge is 0.325 e. The normalized spacial score (nSPS) is 19.1. The highest BCUT2D eigenvalue weighted by molar-refractivity contribution is 6.35. The zero-order chi connectivity index (χ0) is 14.2. The summed E-state index contributed by atoms with van der Waals surface area (Å²) in [4.78, 5) is 4.83. The Labute approximate surface area is 125 Å². The molecule has 3 nitrogen and oxygen atoms in total. The van der Waals surface area contributed by atoms with E-state index in [2.05, 4.69) is 11.5 Å². The van der Waals surface area contributed by atoms with Gasteiger partial charge in [0, 0.05) is 6.54 Å². The third kappa shape index (κ3) is 2.23. The molecular weight excluding hydrogens is 270 g/mol. The van der Waals surface area contributed by atoms with E-state index in [0.29, 0.717) is 0 Å². The van der Waals surface area contributed by atoms with E-state index < -0.39 is 0 Å². The van der Waals surface area contributed by atoms with Crippen LogP contribution in [0.4, 0.5) is 0 Å². The first kappa shape index (κ1) is 13.9. The molecule has 0 radical (unpaired) electrons. The number of hydrogen-bond donors (Lipinski definition) is 1. The number of fused-ring (bicyclic) bond motifs is 1. The maximum atomic E-state index is 6.74. The van der Waals surface area contributed by atoms with Gasteiger partial charge in [0.15, 0.2) is 0 Å². The minimum Gasteiger partial charge on any atom is -0.325 e. The van der Waals surface area contributed by atoms with Crippen LogP contribution in [0.3, 0.4) is 0 Å². The van der Waals surface area contributed by atoms with E-state index in [4.69, 9.17) is 22.3 Å². The predicted octanol–water partition coefficient (Wildman–Crippen LogP) is 4.22. The standard InChI is InChI=1S/C16H22ClN3/c1-2-20-14-12(17)8-7-9-13(14)19-15(20)16(18)10-5-3-4-6-11-16/h7-9H,2-6,10-11,18H2,1H3. The minimum atomic E-state index is -0.297. The summed E-state index contributed by atoms with van der Waals surface area (Å²) in [7, 11) is 0. The molecule has 0 saturated heterocycles. The molecule has 1 aliphatic rings. The van der Waals surface area contributed by atoms with Crippen LogP contribution in [0.25, 0.3) is 11.0 Å². The molecule has 1 fully saturated rings. The highest BCUT2D eigenvalue weighted by atomic mass is 35.5. The summed E-state index contributed by atoms with van der Waals surface area (Å²) in [6, 6.07) is 5.91. The monoisotopic (exact) mass is 291 g/mol. The van der Waals surface area contributed by atoms with Gasteiger partial charge in [0.05, 0.1) is 21.6 Å². The molecule has 108 valence electrons. The molecule has 4 heteroatoms. The second-order valence-corrected chi connectivity index (χ2v) is 6.26. The first-order valence-electron chi connectivity index (χ1n) is 7.60. The Morgan fingerprint density at radius 1 is 1.25 bits per heavy atom. The summed E-state index contributed by atoms with van der Waals surface area (Å²) in [5.41, 5.74) is 8.44. The van der Waals surface area contributed by atoms with Crippen molar-refractivity contribution in [2.45, 2.75) is 57.5 Å². The van der Waals surface area contributed by atoms with Crippen molar-refractivity contribution in [3.05, 3.63) is 29.0 Å². The Bertz CT molecular complexity index is 609. The van der Waals surface area contributed by atoms with Crippen LogP contribution in [-0.4, -0.2) is 9.55 Å². The molecule has 0 atom stereocenters. The fourth-order valence-corrected chi connectivity index (χ4v) is 3.68. The Hall–Kier alpha value is -1.06. The molecular formula is C16H22ClN3. The predicted molar refractivity (Wildman–Crippen MR) is 84.0 cm³/mol. The van der Waals surface area contributed by atoms with Crippen LogP contribution < -0.4 is 5.73 Å². The zero-order valence-electron chi connectivity index (χ0n) is 12.0. The number of nitrogens with two attached hydrogens (primary N) is 1. The highest BCUT2D eigenvalue weighted by Crippen LogP contribution is 2.36. The van der Waals surface area contributed by atoms with Crippen LogP contribution in [0.15, 0.2) is 18.2 Å². The summed E-state index contributed by atoms with van der Waals surface area (Å²) in [6.07, 6.45) is 6.99. The number of nitrogens with zero attached hydrogens (tertiary/aromatic N) is 2. The molecule has 1 aliphatic carbocycles. The third-order valence-electron chi connectivity index (χ3n) is 4.47. The quantitative estimate of drug-likeness (QED) is 0.842. The lowest BCUT2D eigenvalue weighted by atomic mass is 9.90. The van der Waals surface area contributed by atoms with Crippen molar-refractivity contribution < 1.29 is 0 Å². The van der Waals surface area contributed by atoms with Crippen LogP contribution in [0.2, 0.25) is 5.02 Å². The summed E-state index contributed by atoms with van der Waals surface area (Å²) >= 11 is 6.37. The number of hydrogen-bond acceptors (Lipinski definition) is 2. The van der Waals surface area contributed by atoms with E-state index in [9.17, 15) is 0 Å².